The van der Waals surface area contributed by atoms with Gasteiger partial charge in [-0.05, 0) is 18.1 Å². The van der Waals surface area contributed by atoms with Crippen molar-refractivity contribution in [3.8, 4) is 11.4 Å². The fourth-order valence-corrected chi connectivity index (χ4v) is 3.35. The Morgan fingerprint density at radius 2 is 1.88 bits per heavy atom. The van der Waals surface area contributed by atoms with Gasteiger partial charge in [0.05, 0.1) is 0 Å². The molecule has 2 N–H and O–H groups in total. The number of anilines is 1. The van der Waals surface area contributed by atoms with E-state index in [2.05, 4.69) is 25.7 Å². The predicted octanol–water partition coefficient (Wildman–Crippen LogP) is 4.26. The summed E-state index contributed by atoms with van der Waals surface area (Å²) in [5.41, 5.74) is 3.18. The van der Waals surface area contributed by atoms with Crippen LogP contribution in [0.2, 0.25) is 0 Å². The number of aromatic nitrogens is 3. The number of amides is 1. The first-order valence-corrected chi connectivity index (χ1v) is 8.81. The minimum Gasteiger partial charge on any atom is -0.361 e. The second kappa shape index (κ2) is 6.86. The molecule has 0 bridgehead atoms. The first-order chi connectivity index (χ1) is 12.3. The molecule has 0 aliphatic rings. The van der Waals surface area contributed by atoms with E-state index in [4.69, 9.17) is 0 Å². The Kier molecular flexibility index (Phi) is 4.26. The van der Waals surface area contributed by atoms with Gasteiger partial charge in [-0.15, -0.1) is 0 Å². The number of aryl methyl sites for hydroxylation is 1. The van der Waals surface area contributed by atoms with Gasteiger partial charge in [0, 0.05) is 40.6 Å². The molecule has 0 aliphatic heterocycles. The summed E-state index contributed by atoms with van der Waals surface area (Å²) < 4.78 is 4.30. The van der Waals surface area contributed by atoms with E-state index in [1.54, 1.807) is 0 Å². The first kappa shape index (κ1) is 15.5. The molecule has 2 aromatic heterocycles. The van der Waals surface area contributed by atoms with E-state index >= 15 is 0 Å². The largest absolute Gasteiger partial charge is 0.361 e. The number of rotatable bonds is 5. The van der Waals surface area contributed by atoms with Crippen molar-refractivity contribution in [3.05, 3.63) is 66.4 Å². The summed E-state index contributed by atoms with van der Waals surface area (Å²) in [5, 5.41) is 4.53. The number of aromatic amines is 1. The van der Waals surface area contributed by atoms with Crippen molar-refractivity contribution in [3.63, 3.8) is 0 Å². The number of hydrogen-bond donors (Lipinski definition) is 2. The Hall–Kier alpha value is -2.99. The average molecular weight is 348 g/mol. The zero-order valence-electron chi connectivity index (χ0n) is 13.4. The number of H-pyrrole nitrogens is 1. The first-order valence-electron chi connectivity index (χ1n) is 8.03. The van der Waals surface area contributed by atoms with Gasteiger partial charge in [-0.1, -0.05) is 48.5 Å². The monoisotopic (exact) mass is 348 g/mol. The molecule has 4 rings (SSSR count). The third kappa shape index (κ3) is 3.44. The summed E-state index contributed by atoms with van der Waals surface area (Å²) in [4.78, 5) is 19.8. The van der Waals surface area contributed by atoms with Crippen molar-refractivity contribution in [1.82, 2.24) is 14.3 Å². The lowest BCUT2D eigenvalue weighted by Crippen LogP contribution is -2.12. The van der Waals surface area contributed by atoms with E-state index in [1.165, 1.54) is 11.5 Å². The van der Waals surface area contributed by atoms with Gasteiger partial charge < -0.3 is 10.3 Å². The summed E-state index contributed by atoms with van der Waals surface area (Å²) >= 11 is 1.20. The number of carbonyl (C=O) groups excluding carboxylic acids is 1. The lowest BCUT2D eigenvalue weighted by atomic mass is 10.1. The van der Waals surface area contributed by atoms with Gasteiger partial charge in [0.15, 0.2) is 5.82 Å². The number of carbonyl (C=O) groups is 1. The van der Waals surface area contributed by atoms with E-state index in [9.17, 15) is 4.79 Å². The van der Waals surface area contributed by atoms with Gasteiger partial charge in [-0.3, -0.25) is 4.79 Å². The Balaban J connectivity index is 1.39. The van der Waals surface area contributed by atoms with Crippen molar-refractivity contribution in [2.24, 2.45) is 0 Å². The van der Waals surface area contributed by atoms with Crippen LogP contribution in [0.3, 0.4) is 0 Å². The van der Waals surface area contributed by atoms with Gasteiger partial charge >= 0.3 is 0 Å². The van der Waals surface area contributed by atoms with Crippen LogP contribution in [0.15, 0.2) is 60.8 Å². The predicted molar refractivity (Wildman–Crippen MR) is 101 cm³/mol. The molecule has 0 saturated carbocycles. The number of para-hydroxylation sites is 1. The Labute approximate surface area is 148 Å². The molecule has 4 aromatic rings. The lowest BCUT2D eigenvalue weighted by molar-refractivity contribution is -0.116. The molecule has 5 nitrogen and oxygen atoms in total. The van der Waals surface area contributed by atoms with Gasteiger partial charge in [0.1, 0.15) is 0 Å². The maximum Gasteiger partial charge on any atom is 0.226 e. The minimum absolute atomic E-state index is 0.0546. The van der Waals surface area contributed by atoms with Gasteiger partial charge in [0.2, 0.25) is 11.0 Å². The van der Waals surface area contributed by atoms with E-state index < -0.39 is 0 Å². The van der Waals surface area contributed by atoms with Crippen molar-refractivity contribution >= 4 is 33.5 Å². The molecule has 124 valence electrons. The molecule has 0 atom stereocenters. The summed E-state index contributed by atoms with van der Waals surface area (Å²) in [5.74, 6) is 0.582. The highest BCUT2D eigenvalue weighted by Gasteiger charge is 2.11. The molecule has 0 unspecified atom stereocenters. The third-order valence-electron chi connectivity index (χ3n) is 4.00. The van der Waals surface area contributed by atoms with Crippen LogP contribution in [0.1, 0.15) is 12.0 Å². The maximum atomic E-state index is 12.2. The smallest absolute Gasteiger partial charge is 0.226 e. The Bertz CT molecular complexity index is 1010. The van der Waals surface area contributed by atoms with Crippen LogP contribution in [0, 0.1) is 0 Å². The minimum atomic E-state index is -0.0546. The number of fused-ring (bicyclic) bond motifs is 1. The SMILES string of the molecule is O=C(CCc1c[nH]c2ccccc12)Nc1nc(-c2ccccc2)ns1. The second-order valence-electron chi connectivity index (χ2n) is 5.70. The normalized spacial score (nSPS) is 10.9. The molecule has 1 amide bonds. The molecule has 2 aromatic carbocycles. The highest BCUT2D eigenvalue weighted by molar-refractivity contribution is 7.10. The fourth-order valence-electron chi connectivity index (χ4n) is 2.75. The van der Waals surface area contributed by atoms with Crippen LogP contribution in [-0.2, 0) is 11.2 Å². The second-order valence-corrected chi connectivity index (χ2v) is 6.45. The summed E-state index contributed by atoms with van der Waals surface area (Å²) in [6.45, 7) is 0. The molecular formula is C19H16N4OS. The molecule has 0 saturated heterocycles. The molecule has 0 spiro atoms. The summed E-state index contributed by atoms with van der Waals surface area (Å²) in [6.07, 6.45) is 3.05. The van der Waals surface area contributed by atoms with Crippen molar-refractivity contribution in [1.29, 1.82) is 0 Å². The molecule has 0 aliphatic carbocycles. The summed E-state index contributed by atoms with van der Waals surface area (Å²) in [6, 6.07) is 17.8. The molecule has 2 heterocycles. The topological polar surface area (TPSA) is 70.7 Å². The molecule has 6 heteroatoms. The molecular weight excluding hydrogens is 332 g/mol. The van der Waals surface area contributed by atoms with Crippen LogP contribution < -0.4 is 5.32 Å². The lowest BCUT2D eigenvalue weighted by Gasteiger charge is -2.01. The quantitative estimate of drug-likeness (QED) is 0.566. The van der Waals surface area contributed by atoms with Gasteiger partial charge in [-0.2, -0.15) is 9.36 Å². The van der Waals surface area contributed by atoms with E-state index in [-0.39, 0.29) is 5.91 Å². The zero-order chi connectivity index (χ0) is 17.1. The highest BCUT2D eigenvalue weighted by Crippen LogP contribution is 2.22. The van der Waals surface area contributed by atoms with Crippen LogP contribution in [0.5, 0.6) is 0 Å². The van der Waals surface area contributed by atoms with Gasteiger partial charge in [-0.25, -0.2) is 0 Å². The van der Waals surface area contributed by atoms with Gasteiger partial charge in [0.25, 0.3) is 0 Å². The van der Waals surface area contributed by atoms with Crippen molar-refractivity contribution in [2.45, 2.75) is 12.8 Å². The molecule has 0 radical (unpaired) electrons. The Morgan fingerprint density at radius 1 is 1.08 bits per heavy atom. The van der Waals surface area contributed by atoms with Crippen LogP contribution in [0.25, 0.3) is 22.3 Å². The average Bonchev–Trinajstić information content (AvgIpc) is 3.28. The van der Waals surface area contributed by atoms with Crippen LogP contribution in [-0.4, -0.2) is 20.2 Å². The van der Waals surface area contributed by atoms with E-state index in [1.807, 2.05) is 54.7 Å². The number of benzene rings is 2. The van der Waals surface area contributed by atoms with Crippen LogP contribution in [0.4, 0.5) is 5.13 Å². The van der Waals surface area contributed by atoms with E-state index in [0.29, 0.717) is 23.8 Å². The Morgan fingerprint density at radius 3 is 2.76 bits per heavy atom. The molecule has 0 fully saturated rings. The zero-order valence-corrected chi connectivity index (χ0v) is 14.2. The number of nitrogens with zero attached hydrogens (tertiary/aromatic N) is 2. The number of nitrogens with one attached hydrogen (secondary N) is 2. The fraction of sp³-hybridized carbons (Fsp3) is 0.105. The standard InChI is InChI=1S/C19H16N4OS/c24-17(11-10-14-12-20-16-9-5-4-8-15(14)16)21-19-22-18(23-25-19)13-6-2-1-3-7-13/h1-9,12,20H,10-11H2,(H,21,22,23,24). The van der Waals surface area contributed by atoms with E-state index in [0.717, 1.165) is 22.0 Å². The van der Waals surface area contributed by atoms with Crippen molar-refractivity contribution < 1.29 is 4.79 Å². The third-order valence-corrected chi connectivity index (χ3v) is 4.63. The summed E-state index contributed by atoms with van der Waals surface area (Å²) in [7, 11) is 0. The van der Waals surface area contributed by atoms with Crippen LogP contribution >= 0.6 is 11.5 Å². The number of hydrogen-bond acceptors (Lipinski definition) is 4. The highest BCUT2D eigenvalue weighted by atomic mass is 32.1. The molecule has 25 heavy (non-hydrogen) atoms. The maximum absolute atomic E-state index is 12.2. The van der Waals surface area contributed by atoms with Crippen molar-refractivity contribution in [2.75, 3.05) is 5.32 Å².